The van der Waals surface area contributed by atoms with Crippen LogP contribution in [0.1, 0.15) is 23.5 Å². The van der Waals surface area contributed by atoms with Gasteiger partial charge in [-0.2, -0.15) is 5.10 Å². The number of hydrogen-bond acceptors (Lipinski definition) is 4. The van der Waals surface area contributed by atoms with Crippen LogP contribution in [0.25, 0.3) is 11.0 Å². The molecule has 5 heteroatoms. The Kier molecular flexibility index (Phi) is 4.04. The summed E-state index contributed by atoms with van der Waals surface area (Å²) in [6.07, 6.45) is 1.01. The number of para-hydroxylation sites is 2. The maximum Gasteiger partial charge on any atom is 0.148 e. The van der Waals surface area contributed by atoms with Crippen LogP contribution in [0, 0.1) is 20.8 Å². The van der Waals surface area contributed by atoms with E-state index in [1.165, 1.54) is 5.52 Å². The molecule has 1 N–H and O–H groups in total. The average molecular weight is 295 g/mol. The second kappa shape index (κ2) is 6.13. The molecule has 0 unspecified atom stereocenters. The third-order valence-electron chi connectivity index (χ3n) is 3.94. The van der Waals surface area contributed by atoms with Crippen molar-refractivity contribution in [3.05, 3.63) is 47.4 Å². The van der Waals surface area contributed by atoms with E-state index in [1.807, 2.05) is 19.1 Å². The van der Waals surface area contributed by atoms with Gasteiger partial charge in [0.25, 0.3) is 0 Å². The molecule has 0 bridgehead atoms. The molecule has 0 saturated heterocycles. The van der Waals surface area contributed by atoms with Gasteiger partial charge in [-0.1, -0.05) is 12.1 Å². The molecule has 0 radical (unpaired) electrons. The topological polar surface area (TPSA) is 55.6 Å². The number of aromatic nitrogens is 4. The number of fused-ring (bicyclic) bond motifs is 1. The van der Waals surface area contributed by atoms with Gasteiger partial charge in [0.1, 0.15) is 11.6 Å². The van der Waals surface area contributed by atoms with Crippen LogP contribution in [0.4, 0.5) is 5.82 Å². The largest absolute Gasteiger partial charge is 0.369 e. The minimum atomic E-state index is 0.843. The van der Waals surface area contributed by atoms with Crippen LogP contribution in [-0.2, 0) is 6.54 Å². The summed E-state index contributed by atoms with van der Waals surface area (Å²) < 4.78 is 2.27. The van der Waals surface area contributed by atoms with E-state index < -0.39 is 0 Å². The number of imidazole rings is 1. The monoisotopic (exact) mass is 295 g/mol. The molecule has 2 heterocycles. The van der Waals surface area contributed by atoms with Gasteiger partial charge in [0.15, 0.2) is 0 Å². The lowest BCUT2D eigenvalue weighted by Crippen LogP contribution is -2.09. The Hall–Kier alpha value is -2.43. The van der Waals surface area contributed by atoms with Crippen molar-refractivity contribution in [1.29, 1.82) is 0 Å². The molecule has 0 aliphatic rings. The van der Waals surface area contributed by atoms with Crippen molar-refractivity contribution >= 4 is 16.9 Å². The zero-order chi connectivity index (χ0) is 15.5. The Morgan fingerprint density at radius 1 is 1.09 bits per heavy atom. The van der Waals surface area contributed by atoms with Gasteiger partial charge in [-0.25, -0.2) is 4.98 Å². The zero-order valence-electron chi connectivity index (χ0n) is 13.3. The Morgan fingerprint density at radius 2 is 1.91 bits per heavy atom. The highest BCUT2D eigenvalue weighted by atomic mass is 15.2. The third-order valence-corrected chi connectivity index (χ3v) is 3.94. The Bertz CT molecular complexity index is 791. The first-order chi connectivity index (χ1) is 10.6. The van der Waals surface area contributed by atoms with Gasteiger partial charge < -0.3 is 9.88 Å². The summed E-state index contributed by atoms with van der Waals surface area (Å²) in [5, 5.41) is 11.6. The van der Waals surface area contributed by atoms with Crippen LogP contribution in [0.2, 0.25) is 0 Å². The van der Waals surface area contributed by atoms with E-state index in [0.29, 0.717) is 0 Å². The predicted molar refractivity (Wildman–Crippen MR) is 89.1 cm³/mol. The smallest absolute Gasteiger partial charge is 0.148 e. The molecular weight excluding hydrogens is 274 g/mol. The Balaban J connectivity index is 1.60. The van der Waals surface area contributed by atoms with Gasteiger partial charge in [-0.3, -0.25) is 0 Å². The van der Waals surface area contributed by atoms with Gasteiger partial charge in [0.2, 0.25) is 0 Å². The maximum atomic E-state index is 4.59. The second-order valence-electron chi connectivity index (χ2n) is 5.58. The zero-order valence-corrected chi connectivity index (χ0v) is 13.3. The first kappa shape index (κ1) is 14.5. The van der Waals surface area contributed by atoms with Crippen LogP contribution in [0.5, 0.6) is 0 Å². The molecule has 0 saturated carbocycles. The summed E-state index contributed by atoms with van der Waals surface area (Å²) >= 11 is 0. The van der Waals surface area contributed by atoms with Gasteiger partial charge in [0.05, 0.1) is 16.7 Å². The lowest BCUT2D eigenvalue weighted by Gasteiger charge is -2.09. The Labute approximate surface area is 130 Å². The minimum Gasteiger partial charge on any atom is -0.369 e. The van der Waals surface area contributed by atoms with Crippen molar-refractivity contribution in [2.24, 2.45) is 0 Å². The fourth-order valence-corrected chi connectivity index (χ4v) is 2.56. The van der Waals surface area contributed by atoms with E-state index in [9.17, 15) is 0 Å². The van der Waals surface area contributed by atoms with Crippen LogP contribution in [0.3, 0.4) is 0 Å². The molecule has 0 atom stereocenters. The number of rotatable bonds is 5. The molecule has 0 spiro atoms. The number of nitrogens with zero attached hydrogens (tertiary/aromatic N) is 4. The predicted octanol–water partition coefficient (Wildman–Crippen LogP) is 3.25. The highest BCUT2D eigenvalue weighted by molar-refractivity contribution is 5.75. The SMILES string of the molecule is Cc1cc(NCCCn2c(C)nc3ccccc32)nnc1C. The third kappa shape index (κ3) is 2.93. The molecule has 3 rings (SSSR count). The number of anilines is 1. The highest BCUT2D eigenvalue weighted by Gasteiger charge is 2.06. The van der Waals surface area contributed by atoms with E-state index in [-0.39, 0.29) is 0 Å². The highest BCUT2D eigenvalue weighted by Crippen LogP contribution is 2.16. The normalized spacial score (nSPS) is 11.0. The first-order valence-corrected chi connectivity index (χ1v) is 7.62. The van der Waals surface area contributed by atoms with E-state index in [4.69, 9.17) is 0 Å². The first-order valence-electron chi connectivity index (χ1n) is 7.62. The van der Waals surface area contributed by atoms with Crippen molar-refractivity contribution in [1.82, 2.24) is 19.7 Å². The van der Waals surface area contributed by atoms with Crippen LogP contribution in [0.15, 0.2) is 30.3 Å². The maximum absolute atomic E-state index is 4.59. The van der Waals surface area contributed by atoms with Crippen LogP contribution < -0.4 is 5.32 Å². The quantitative estimate of drug-likeness (QED) is 0.734. The van der Waals surface area contributed by atoms with Crippen molar-refractivity contribution in [2.75, 3.05) is 11.9 Å². The molecule has 3 aromatic rings. The molecule has 114 valence electrons. The average Bonchev–Trinajstić information content (AvgIpc) is 2.83. The number of benzene rings is 1. The fraction of sp³-hybridized carbons (Fsp3) is 0.353. The van der Waals surface area contributed by atoms with Crippen molar-refractivity contribution < 1.29 is 0 Å². The van der Waals surface area contributed by atoms with Gasteiger partial charge in [-0.05, 0) is 51.0 Å². The lowest BCUT2D eigenvalue weighted by atomic mass is 10.2. The Morgan fingerprint density at radius 3 is 2.73 bits per heavy atom. The number of hydrogen-bond donors (Lipinski definition) is 1. The molecule has 0 aliphatic heterocycles. The van der Waals surface area contributed by atoms with E-state index >= 15 is 0 Å². The van der Waals surface area contributed by atoms with E-state index in [0.717, 1.165) is 47.9 Å². The van der Waals surface area contributed by atoms with Crippen LogP contribution >= 0.6 is 0 Å². The van der Waals surface area contributed by atoms with Crippen molar-refractivity contribution in [3.63, 3.8) is 0 Å². The molecule has 5 nitrogen and oxygen atoms in total. The summed E-state index contributed by atoms with van der Waals surface area (Å²) in [4.78, 5) is 4.59. The summed E-state index contributed by atoms with van der Waals surface area (Å²) in [5.74, 6) is 1.91. The van der Waals surface area contributed by atoms with E-state index in [2.05, 4.69) is 57.1 Å². The number of nitrogens with one attached hydrogen (secondary N) is 1. The van der Waals surface area contributed by atoms with Crippen LogP contribution in [-0.4, -0.2) is 26.3 Å². The van der Waals surface area contributed by atoms with Gasteiger partial charge in [-0.15, -0.1) is 5.10 Å². The molecule has 0 amide bonds. The number of aryl methyl sites for hydroxylation is 4. The second-order valence-corrected chi connectivity index (χ2v) is 5.58. The molecule has 2 aromatic heterocycles. The fourth-order valence-electron chi connectivity index (χ4n) is 2.56. The molecule has 0 aliphatic carbocycles. The van der Waals surface area contributed by atoms with Crippen molar-refractivity contribution in [2.45, 2.75) is 33.7 Å². The molecule has 0 fully saturated rings. The summed E-state index contributed by atoms with van der Waals surface area (Å²) in [5.41, 5.74) is 4.40. The minimum absolute atomic E-state index is 0.843. The summed E-state index contributed by atoms with van der Waals surface area (Å²) in [6.45, 7) is 7.89. The van der Waals surface area contributed by atoms with Gasteiger partial charge in [0, 0.05) is 13.1 Å². The van der Waals surface area contributed by atoms with Gasteiger partial charge >= 0.3 is 0 Å². The molecule has 1 aromatic carbocycles. The molecular formula is C17H21N5. The summed E-state index contributed by atoms with van der Waals surface area (Å²) in [6, 6.07) is 10.3. The summed E-state index contributed by atoms with van der Waals surface area (Å²) in [7, 11) is 0. The lowest BCUT2D eigenvalue weighted by molar-refractivity contribution is 0.658. The van der Waals surface area contributed by atoms with Crippen molar-refractivity contribution in [3.8, 4) is 0 Å². The van der Waals surface area contributed by atoms with E-state index in [1.54, 1.807) is 0 Å². The standard InChI is InChI=1S/C17H21N5/c1-12-11-17(21-20-13(12)2)18-9-6-10-22-14(3)19-15-7-4-5-8-16(15)22/h4-5,7-8,11H,6,9-10H2,1-3H3,(H,18,21). The molecule has 22 heavy (non-hydrogen) atoms.